The van der Waals surface area contributed by atoms with E-state index in [0.29, 0.717) is 11.3 Å². The minimum atomic E-state index is -0.874. The van der Waals surface area contributed by atoms with Crippen LogP contribution in [0.5, 0.6) is 5.75 Å². The quantitative estimate of drug-likeness (QED) is 0.848. The molecule has 132 valence electrons. The normalized spacial score (nSPS) is 12.3. The van der Waals surface area contributed by atoms with E-state index in [1.807, 2.05) is 30.3 Å². The summed E-state index contributed by atoms with van der Waals surface area (Å²) >= 11 is 0. The van der Waals surface area contributed by atoms with E-state index in [4.69, 9.17) is 10.5 Å². The summed E-state index contributed by atoms with van der Waals surface area (Å²) in [6.07, 6.45) is 0. The van der Waals surface area contributed by atoms with Crippen molar-refractivity contribution in [2.24, 2.45) is 5.73 Å². The number of hydrogen-bond donors (Lipinski definition) is 2. The second-order valence-corrected chi connectivity index (χ2v) is 6.88. The van der Waals surface area contributed by atoms with E-state index in [1.54, 1.807) is 24.3 Å². The van der Waals surface area contributed by atoms with E-state index in [9.17, 15) is 9.59 Å². The van der Waals surface area contributed by atoms with Crippen LogP contribution in [-0.4, -0.2) is 18.4 Å². The Hall–Kier alpha value is -2.82. The standard InChI is InChI=1S/C20H24N2O3/c1-20(2,3)15-9-11-16(12-10-15)25-13-17(23)22-18(19(21)24)14-7-5-4-6-8-14/h4-12,18H,13H2,1-3H3,(H2,21,24)(H,22,23). The third-order valence-electron chi connectivity index (χ3n) is 3.81. The van der Waals surface area contributed by atoms with Gasteiger partial charge in [-0.1, -0.05) is 63.2 Å². The highest BCUT2D eigenvalue weighted by molar-refractivity contribution is 5.88. The van der Waals surface area contributed by atoms with Gasteiger partial charge in [-0.3, -0.25) is 9.59 Å². The van der Waals surface area contributed by atoms with Gasteiger partial charge in [0.15, 0.2) is 6.61 Å². The number of primary amides is 1. The summed E-state index contributed by atoms with van der Waals surface area (Å²) < 4.78 is 5.49. The highest BCUT2D eigenvalue weighted by Crippen LogP contribution is 2.24. The van der Waals surface area contributed by atoms with Crippen molar-refractivity contribution in [3.8, 4) is 5.75 Å². The fourth-order valence-corrected chi connectivity index (χ4v) is 2.37. The van der Waals surface area contributed by atoms with Gasteiger partial charge in [-0.05, 0) is 28.7 Å². The van der Waals surface area contributed by atoms with Crippen LogP contribution < -0.4 is 15.8 Å². The lowest BCUT2D eigenvalue weighted by Gasteiger charge is -2.19. The molecule has 0 saturated heterocycles. The molecule has 1 atom stereocenters. The van der Waals surface area contributed by atoms with Crippen molar-refractivity contribution in [3.63, 3.8) is 0 Å². The number of benzene rings is 2. The summed E-state index contributed by atoms with van der Waals surface area (Å²) in [7, 11) is 0. The van der Waals surface area contributed by atoms with E-state index in [0.717, 1.165) is 0 Å². The zero-order valence-electron chi connectivity index (χ0n) is 14.8. The molecule has 0 fully saturated rings. The molecule has 2 aromatic carbocycles. The molecule has 5 nitrogen and oxygen atoms in total. The molecule has 2 aromatic rings. The van der Waals surface area contributed by atoms with Gasteiger partial charge in [-0.2, -0.15) is 0 Å². The van der Waals surface area contributed by atoms with Crippen LogP contribution >= 0.6 is 0 Å². The van der Waals surface area contributed by atoms with Crippen molar-refractivity contribution in [1.29, 1.82) is 0 Å². The monoisotopic (exact) mass is 340 g/mol. The van der Waals surface area contributed by atoms with Gasteiger partial charge in [0.2, 0.25) is 5.91 Å². The number of hydrogen-bond acceptors (Lipinski definition) is 3. The molecule has 0 saturated carbocycles. The first-order valence-electron chi connectivity index (χ1n) is 8.14. The number of nitrogens with one attached hydrogen (secondary N) is 1. The fourth-order valence-electron chi connectivity index (χ4n) is 2.37. The molecule has 0 heterocycles. The van der Waals surface area contributed by atoms with Gasteiger partial charge in [0, 0.05) is 0 Å². The van der Waals surface area contributed by atoms with Crippen LogP contribution in [0.2, 0.25) is 0 Å². The Morgan fingerprint density at radius 3 is 2.16 bits per heavy atom. The Kier molecular flexibility index (Phi) is 5.80. The summed E-state index contributed by atoms with van der Waals surface area (Å²) in [5.41, 5.74) is 7.26. The van der Waals surface area contributed by atoms with Crippen LogP contribution in [0.4, 0.5) is 0 Å². The zero-order chi connectivity index (χ0) is 18.4. The molecule has 0 spiro atoms. The van der Waals surface area contributed by atoms with E-state index < -0.39 is 17.9 Å². The second-order valence-electron chi connectivity index (χ2n) is 6.88. The minimum Gasteiger partial charge on any atom is -0.484 e. The zero-order valence-corrected chi connectivity index (χ0v) is 14.8. The number of rotatable bonds is 6. The van der Waals surface area contributed by atoms with Crippen LogP contribution in [0.1, 0.15) is 37.9 Å². The van der Waals surface area contributed by atoms with Crippen LogP contribution in [0.15, 0.2) is 54.6 Å². The highest BCUT2D eigenvalue weighted by atomic mass is 16.5. The average Bonchev–Trinajstić information content (AvgIpc) is 2.58. The molecular weight excluding hydrogens is 316 g/mol. The minimum absolute atomic E-state index is 0.0559. The van der Waals surface area contributed by atoms with Crippen LogP contribution in [-0.2, 0) is 15.0 Å². The third-order valence-corrected chi connectivity index (χ3v) is 3.81. The molecule has 1 unspecified atom stereocenters. The molecule has 0 aliphatic carbocycles. The topological polar surface area (TPSA) is 81.4 Å². The summed E-state index contributed by atoms with van der Waals surface area (Å²) in [6, 6.07) is 15.6. The van der Waals surface area contributed by atoms with Crippen molar-refractivity contribution in [1.82, 2.24) is 5.32 Å². The molecule has 0 aliphatic rings. The van der Waals surface area contributed by atoms with Crippen molar-refractivity contribution in [2.75, 3.05) is 6.61 Å². The van der Waals surface area contributed by atoms with Gasteiger partial charge in [-0.25, -0.2) is 0 Å². The maximum Gasteiger partial charge on any atom is 0.258 e. The molecule has 3 N–H and O–H groups in total. The summed E-state index contributed by atoms with van der Waals surface area (Å²) in [5.74, 6) is -0.430. The predicted octanol–water partition coefficient (Wildman–Crippen LogP) is 2.71. The van der Waals surface area contributed by atoms with Crippen molar-refractivity contribution >= 4 is 11.8 Å². The predicted molar refractivity (Wildman–Crippen MR) is 97.2 cm³/mol. The number of carbonyl (C=O) groups excluding carboxylic acids is 2. The Labute approximate surface area is 148 Å². The number of nitrogens with two attached hydrogens (primary N) is 1. The lowest BCUT2D eigenvalue weighted by Crippen LogP contribution is -2.39. The Morgan fingerprint density at radius 2 is 1.64 bits per heavy atom. The van der Waals surface area contributed by atoms with Crippen LogP contribution in [0, 0.1) is 0 Å². The Morgan fingerprint density at radius 1 is 1.04 bits per heavy atom. The van der Waals surface area contributed by atoms with Gasteiger partial charge in [0.05, 0.1) is 0 Å². The van der Waals surface area contributed by atoms with E-state index in [2.05, 4.69) is 26.1 Å². The molecule has 2 amide bonds. The van der Waals surface area contributed by atoms with Crippen molar-refractivity contribution < 1.29 is 14.3 Å². The summed E-state index contributed by atoms with van der Waals surface area (Å²) in [6.45, 7) is 6.20. The van der Waals surface area contributed by atoms with Crippen LogP contribution in [0.3, 0.4) is 0 Å². The highest BCUT2D eigenvalue weighted by Gasteiger charge is 2.20. The first kappa shape index (κ1) is 18.5. The molecule has 0 aliphatic heterocycles. The average molecular weight is 340 g/mol. The summed E-state index contributed by atoms with van der Waals surface area (Å²) in [4.78, 5) is 23.7. The molecular formula is C20H24N2O3. The molecule has 0 aromatic heterocycles. The maximum atomic E-state index is 12.1. The van der Waals surface area contributed by atoms with E-state index in [1.165, 1.54) is 5.56 Å². The summed E-state index contributed by atoms with van der Waals surface area (Å²) in [5, 5.41) is 2.60. The Balaban J connectivity index is 1.94. The number of amides is 2. The van der Waals surface area contributed by atoms with Crippen molar-refractivity contribution in [2.45, 2.75) is 32.2 Å². The molecule has 0 radical (unpaired) electrons. The van der Waals surface area contributed by atoms with Gasteiger partial charge in [0.1, 0.15) is 11.8 Å². The first-order valence-corrected chi connectivity index (χ1v) is 8.14. The number of carbonyl (C=O) groups is 2. The number of ether oxygens (including phenoxy) is 1. The van der Waals surface area contributed by atoms with Gasteiger partial charge in [-0.15, -0.1) is 0 Å². The molecule has 2 rings (SSSR count). The largest absolute Gasteiger partial charge is 0.484 e. The fraction of sp³-hybridized carbons (Fsp3) is 0.300. The van der Waals surface area contributed by atoms with E-state index >= 15 is 0 Å². The lowest BCUT2D eigenvalue weighted by molar-refractivity contribution is -0.128. The van der Waals surface area contributed by atoms with Gasteiger partial charge < -0.3 is 15.8 Å². The molecule has 25 heavy (non-hydrogen) atoms. The van der Waals surface area contributed by atoms with Gasteiger partial charge in [0.25, 0.3) is 5.91 Å². The van der Waals surface area contributed by atoms with Gasteiger partial charge >= 0.3 is 0 Å². The lowest BCUT2D eigenvalue weighted by atomic mass is 9.87. The first-order chi connectivity index (χ1) is 11.8. The van der Waals surface area contributed by atoms with Crippen molar-refractivity contribution in [3.05, 3.63) is 65.7 Å². The molecule has 5 heteroatoms. The van der Waals surface area contributed by atoms with Crippen LogP contribution in [0.25, 0.3) is 0 Å². The smallest absolute Gasteiger partial charge is 0.258 e. The van der Waals surface area contributed by atoms with E-state index in [-0.39, 0.29) is 12.0 Å². The second kappa shape index (κ2) is 7.83. The SMILES string of the molecule is CC(C)(C)c1ccc(OCC(=O)NC(C(N)=O)c2ccccc2)cc1. The maximum absolute atomic E-state index is 12.1. The third kappa shape index (κ3) is 5.35. The molecule has 0 bridgehead atoms. The Bertz CT molecular complexity index is 719.